The Balaban J connectivity index is 1.23. The number of aromatic nitrogens is 3. The zero-order valence-corrected chi connectivity index (χ0v) is 32.1. The van der Waals surface area contributed by atoms with Gasteiger partial charge in [0.25, 0.3) is 0 Å². The van der Waals surface area contributed by atoms with Crippen LogP contribution in [-0.2, 0) is 5.41 Å². The maximum atomic E-state index is 11.3. The summed E-state index contributed by atoms with van der Waals surface area (Å²) in [5, 5.41) is 11.3. The average molecular weight is 741 g/mol. The van der Waals surface area contributed by atoms with Crippen molar-refractivity contribution < 1.29 is 9.22 Å². The largest absolute Gasteiger partial charge is 0.507 e. The van der Waals surface area contributed by atoms with Crippen molar-refractivity contribution in [3.05, 3.63) is 193 Å². The first-order valence-corrected chi connectivity index (χ1v) is 19.2. The van der Waals surface area contributed by atoms with E-state index in [0.29, 0.717) is 11.4 Å². The van der Waals surface area contributed by atoms with E-state index in [1.54, 1.807) is 24.3 Å². The first-order valence-electron chi connectivity index (χ1n) is 20.7. The number of phenols is 1. The van der Waals surface area contributed by atoms with E-state index in [9.17, 15) is 5.11 Å². The molecule has 0 unspecified atom stereocenters. The molecule has 2 aromatic heterocycles. The molecule has 2 heterocycles. The minimum atomic E-state index is -2.30. The molecule has 0 amide bonds. The summed E-state index contributed by atoms with van der Waals surface area (Å²) in [6.45, 7) is 4.35. The van der Waals surface area contributed by atoms with Gasteiger partial charge in [0.2, 0.25) is 0 Å². The van der Waals surface area contributed by atoms with Gasteiger partial charge in [-0.3, -0.25) is 9.55 Å². The van der Waals surface area contributed by atoms with E-state index in [1.807, 2.05) is 77.5 Å². The third-order valence-electron chi connectivity index (χ3n) is 10.6. The predicted octanol–water partition coefficient (Wildman–Crippen LogP) is 13.7. The number of hydrogen-bond donors (Lipinski definition) is 1. The Morgan fingerprint density at radius 3 is 1.89 bits per heavy atom. The zero-order valence-electron chi connectivity index (χ0n) is 35.1. The second kappa shape index (κ2) is 14.6. The molecule has 0 radical (unpaired) electrons. The molecule has 0 aliphatic carbocycles. The number of hydrogen-bond acceptors (Lipinski definition) is 3. The molecule has 0 bridgehead atoms. The Morgan fingerprint density at radius 2 is 1.18 bits per heavy atom. The smallest absolute Gasteiger partial charge is 0.149 e. The first kappa shape index (κ1) is 32.2. The number of para-hydroxylation sites is 2. The average Bonchev–Trinajstić information content (AvgIpc) is 3.66. The lowest BCUT2D eigenvalue weighted by Crippen LogP contribution is -2.11. The summed E-state index contributed by atoms with van der Waals surface area (Å²) in [6, 6.07) is 58.3. The van der Waals surface area contributed by atoms with Gasteiger partial charge in [-0.2, -0.15) is 0 Å². The van der Waals surface area contributed by atoms with Crippen LogP contribution < -0.4 is 0 Å². The molecule has 57 heavy (non-hydrogen) atoms. The van der Waals surface area contributed by atoms with Gasteiger partial charge in [-0.1, -0.05) is 148 Å². The van der Waals surface area contributed by atoms with Crippen molar-refractivity contribution in [3.8, 4) is 78.6 Å². The Bertz CT molecular complexity index is 3000. The van der Waals surface area contributed by atoms with Crippen LogP contribution in [0.25, 0.3) is 83.9 Å². The summed E-state index contributed by atoms with van der Waals surface area (Å²) in [5.74, 6) is 0.628. The van der Waals surface area contributed by atoms with Gasteiger partial charge < -0.3 is 5.11 Å². The van der Waals surface area contributed by atoms with Crippen LogP contribution in [0.15, 0.2) is 182 Å². The molecule has 0 aliphatic rings. The summed E-state index contributed by atoms with van der Waals surface area (Å²) in [5.41, 5.74) is 14.0. The quantitative estimate of drug-likeness (QED) is 0.177. The minimum Gasteiger partial charge on any atom is -0.507 e. The number of phenolic OH excluding ortho intramolecular Hbond substituents is 1. The summed E-state index contributed by atoms with van der Waals surface area (Å²) in [4.78, 5) is 10.3. The Kier molecular flexibility index (Phi) is 8.23. The number of nitrogens with zero attached hydrogens (tertiary/aromatic N) is 3. The van der Waals surface area contributed by atoms with Gasteiger partial charge in [-0.25, -0.2) is 4.98 Å². The number of aryl methyl sites for hydroxylation is 1. The number of aromatic hydroxyl groups is 1. The molecule has 0 aliphatic heterocycles. The van der Waals surface area contributed by atoms with Crippen LogP contribution in [0.4, 0.5) is 0 Å². The molecule has 9 rings (SSSR count). The van der Waals surface area contributed by atoms with Gasteiger partial charge in [-0.15, -0.1) is 0 Å². The topological polar surface area (TPSA) is 50.9 Å². The van der Waals surface area contributed by atoms with Crippen LogP contribution in [0.5, 0.6) is 5.75 Å². The summed E-state index contributed by atoms with van der Waals surface area (Å²) in [7, 11) is 0. The highest BCUT2D eigenvalue weighted by molar-refractivity contribution is 5.97. The van der Waals surface area contributed by atoms with Crippen LogP contribution >= 0.6 is 0 Å². The van der Waals surface area contributed by atoms with Gasteiger partial charge in [0, 0.05) is 27.0 Å². The number of imidazole rings is 1. The van der Waals surface area contributed by atoms with E-state index in [-0.39, 0.29) is 16.7 Å². The standard InChI is InChI=1S/C53H43N3O/c1-35-22-27-48(46(30-35)39-16-9-6-10-17-39)56-49-20-13-19-44(51(49)55-52(56)45-18-11-12-21-50(45)57)41-31-42(33-43(32-41)53(2,3)4)47-34-40(28-29-54-47)38-25-23-37(24-26-38)36-14-7-5-8-15-36/h5-34,57H,1-4H3/i1D3. The molecule has 7 aromatic carbocycles. The van der Waals surface area contributed by atoms with Gasteiger partial charge in [-0.05, 0) is 106 Å². The summed E-state index contributed by atoms with van der Waals surface area (Å²) in [6.07, 6.45) is 1.88. The molecule has 0 spiro atoms. The third-order valence-corrected chi connectivity index (χ3v) is 10.6. The van der Waals surface area contributed by atoms with Crippen molar-refractivity contribution in [2.75, 3.05) is 0 Å². The Morgan fingerprint density at radius 1 is 0.526 bits per heavy atom. The van der Waals surface area contributed by atoms with Gasteiger partial charge in [0.1, 0.15) is 11.6 Å². The van der Waals surface area contributed by atoms with E-state index >= 15 is 0 Å². The second-order valence-corrected chi connectivity index (χ2v) is 15.5. The number of fused-ring (bicyclic) bond motifs is 1. The lowest BCUT2D eigenvalue weighted by atomic mass is 9.83. The fourth-order valence-corrected chi connectivity index (χ4v) is 7.62. The van der Waals surface area contributed by atoms with Crippen molar-refractivity contribution in [1.82, 2.24) is 14.5 Å². The van der Waals surface area contributed by atoms with E-state index in [4.69, 9.17) is 14.1 Å². The molecule has 276 valence electrons. The summed E-state index contributed by atoms with van der Waals surface area (Å²) < 4.78 is 26.8. The van der Waals surface area contributed by atoms with E-state index in [0.717, 1.165) is 66.9 Å². The highest BCUT2D eigenvalue weighted by atomic mass is 16.3. The molecule has 4 heteroatoms. The first-order chi connectivity index (χ1) is 28.9. The fraction of sp³-hybridized carbons (Fsp3) is 0.0943. The number of pyridine rings is 1. The van der Waals surface area contributed by atoms with Crippen LogP contribution in [0.1, 0.15) is 36.0 Å². The van der Waals surface area contributed by atoms with E-state index < -0.39 is 6.85 Å². The third kappa shape index (κ3) is 6.91. The van der Waals surface area contributed by atoms with E-state index in [1.165, 1.54) is 11.1 Å². The molecular weight excluding hydrogens is 695 g/mol. The summed E-state index contributed by atoms with van der Waals surface area (Å²) >= 11 is 0. The molecule has 0 saturated heterocycles. The van der Waals surface area contributed by atoms with Crippen molar-refractivity contribution in [1.29, 1.82) is 0 Å². The van der Waals surface area contributed by atoms with Crippen molar-refractivity contribution in [3.63, 3.8) is 0 Å². The van der Waals surface area contributed by atoms with Crippen molar-refractivity contribution in [2.45, 2.75) is 33.0 Å². The molecule has 0 saturated carbocycles. The van der Waals surface area contributed by atoms with Crippen LogP contribution in [0.2, 0.25) is 0 Å². The molecule has 1 N–H and O–H groups in total. The second-order valence-electron chi connectivity index (χ2n) is 15.5. The Hall–Kier alpha value is -7.04. The van der Waals surface area contributed by atoms with Crippen LogP contribution in [-0.4, -0.2) is 19.6 Å². The molecule has 4 nitrogen and oxygen atoms in total. The van der Waals surface area contributed by atoms with Crippen LogP contribution in [0, 0.1) is 6.85 Å². The fourth-order valence-electron chi connectivity index (χ4n) is 7.62. The minimum absolute atomic E-state index is 0.0913. The molecule has 0 fully saturated rings. The predicted molar refractivity (Wildman–Crippen MR) is 237 cm³/mol. The highest BCUT2D eigenvalue weighted by Crippen LogP contribution is 2.42. The molecular formula is C53H43N3O. The monoisotopic (exact) mass is 740 g/mol. The SMILES string of the molecule is [2H]C([2H])([2H])c1ccc(-n2c(-c3ccccc3O)nc3c(-c4cc(-c5cc(-c6ccc(-c7ccccc7)cc6)ccn5)cc(C(C)(C)C)c4)cccc32)c(-c2ccccc2)c1. The number of rotatable bonds is 7. The van der Waals surface area contributed by atoms with Gasteiger partial charge in [0.05, 0.1) is 28.0 Å². The van der Waals surface area contributed by atoms with Gasteiger partial charge in [0.15, 0.2) is 0 Å². The maximum absolute atomic E-state index is 11.3. The zero-order chi connectivity index (χ0) is 41.6. The number of benzene rings is 7. The lowest BCUT2D eigenvalue weighted by molar-refractivity contribution is 0.477. The highest BCUT2D eigenvalue weighted by Gasteiger charge is 2.23. The molecule has 9 aromatic rings. The van der Waals surface area contributed by atoms with E-state index in [2.05, 4.69) is 106 Å². The Labute approximate surface area is 338 Å². The van der Waals surface area contributed by atoms with Crippen LogP contribution in [0.3, 0.4) is 0 Å². The van der Waals surface area contributed by atoms with Crippen molar-refractivity contribution in [2.24, 2.45) is 0 Å². The maximum Gasteiger partial charge on any atom is 0.149 e. The van der Waals surface area contributed by atoms with Gasteiger partial charge >= 0.3 is 0 Å². The normalized spacial score (nSPS) is 12.6. The molecule has 0 atom stereocenters. The van der Waals surface area contributed by atoms with Crippen molar-refractivity contribution >= 4 is 11.0 Å². The lowest BCUT2D eigenvalue weighted by Gasteiger charge is -2.22.